The Morgan fingerprint density at radius 1 is 0.765 bits per heavy atom. The summed E-state index contributed by atoms with van der Waals surface area (Å²) in [4.78, 5) is 0. The quantitative estimate of drug-likeness (QED) is 0.354. The summed E-state index contributed by atoms with van der Waals surface area (Å²) in [5, 5.41) is 0. The Labute approximate surface area is 218 Å². The van der Waals surface area contributed by atoms with Gasteiger partial charge in [-0.15, -0.1) is 6.58 Å². The van der Waals surface area contributed by atoms with E-state index in [1.165, 1.54) is 32.1 Å². The van der Waals surface area contributed by atoms with Gasteiger partial charge in [0.2, 0.25) is 0 Å². The first-order valence-electron chi connectivity index (χ1n) is 16.0. The van der Waals surface area contributed by atoms with Crippen LogP contribution in [0.25, 0.3) is 0 Å². The van der Waals surface area contributed by atoms with E-state index in [0.29, 0.717) is 5.92 Å². The first-order valence-corrected chi connectivity index (χ1v) is 16.0. The number of fused-ring (bicyclic) bond motifs is 5. The van der Waals surface area contributed by atoms with E-state index in [-0.39, 0.29) is 0 Å². The molecular formula is C34H68. The molecule has 0 spiro atoms. The van der Waals surface area contributed by atoms with Crippen LogP contribution in [0.5, 0.6) is 0 Å². The minimum absolute atomic E-state index is 0.699. The standard InChI is InChI=1S/C22H38.C6H12.3C2H6/c1-4-7-16-10-12-19-18-11-9-17-8-5-6-14-21(17,2)20(18)13-15-22(16,19)3;1-4-6(3)5-2;3*1-2/h16-20H,4-15H2,1-3H3;4,6H,1,5H2,2-3H3;3*1-2H3. The second-order valence-corrected chi connectivity index (χ2v) is 11.6. The van der Waals surface area contributed by atoms with E-state index >= 15 is 0 Å². The number of rotatable bonds is 4. The first kappa shape index (κ1) is 33.7. The van der Waals surface area contributed by atoms with Gasteiger partial charge in [0.1, 0.15) is 0 Å². The van der Waals surface area contributed by atoms with Crippen molar-refractivity contribution in [3.63, 3.8) is 0 Å². The molecule has 4 aliphatic carbocycles. The molecule has 0 saturated heterocycles. The van der Waals surface area contributed by atoms with Gasteiger partial charge in [0.25, 0.3) is 0 Å². The minimum Gasteiger partial charge on any atom is -0.103 e. The van der Waals surface area contributed by atoms with Gasteiger partial charge in [-0.1, -0.05) is 114 Å². The van der Waals surface area contributed by atoms with Crippen molar-refractivity contribution in [1.29, 1.82) is 0 Å². The molecule has 0 heteroatoms. The molecule has 204 valence electrons. The van der Waals surface area contributed by atoms with E-state index < -0.39 is 0 Å². The Morgan fingerprint density at radius 3 is 1.91 bits per heavy atom. The summed E-state index contributed by atoms with van der Waals surface area (Å²) in [5.41, 5.74) is 1.44. The van der Waals surface area contributed by atoms with E-state index in [1.807, 2.05) is 47.6 Å². The van der Waals surface area contributed by atoms with Gasteiger partial charge in [-0.3, -0.25) is 0 Å². The fourth-order valence-electron chi connectivity index (χ4n) is 8.39. The lowest BCUT2D eigenvalue weighted by atomic mass is 9.45. The third-order valence-electron chi connectivity index (χ3n) is 10.5. The summed E-state index contributed by atoms with van der Waals surface area (Å²) in [6, 6.07) is 0. The lowest BCUT2D eigenvalue weighted by Gasteiger charge is -2.60. The largest absolute Gasteiger partial charge is 0.103 e. The zero-order chi connectivity index (χ0) is 26.4. The first-order chi connectivity index (χ1) is 16.4. The summed E-state index contributed by atoms with van der Waals surface area (Å²) in [7, 11) is 0. The van der Waals surface area contributed by atoms with Crippen LogP contribution in [0.1, 0.15) is 160 Å². The Kier molecular flexibility index (Phi) is 17.1. The van der Waals surface area contributed by atoms with Gasteiger partial charge < -0.3 is 0 Å². The van der Waals surface area contributed by atoms with Crippen LogP contribution in [0, 0.1) is 46.3 Å². The lowest BCUT2D eigenvalue weighted by molar-refractivity contribution is -0.111. The molecule has 0 aromatic carbocycles. The zero-order valence-corrected chi connectivity index (χ0v) is 25.9. The second kappa shape index (κ2) is 17.2. The molecule has 0 N–H and O–H groups in total. The maximum Gasteiger partial charge on any atom is -0.0266 e. The van der Waals surface area contributed by atoms with Crippen molar-refractivity contribution in [1.82, 2.24) is 0 Å². The Balaban J connectivity index is 0.000000777. The van der Waals surface area contributed by atoms with Crippen molar-refractivity contribution in [2.45, 2.75) is 160 Å². The van der Waals surface area contributed by atoms with Gasteiger partial charge >= 0.3 is 0 Å². The van der Waals surface area contributed by atoms with Crippen LogP contribution in [0.2, 0.25) is 0 Å². The van der Waals surface area contributed by atoms with E-state index in [4.69, 9.17) is 0 Å². The van der Waals surface area contributed by atoms with E-state index in [2.05, 4.69) is 41.2 Å². The molecule has 0 bridgehead atoms. The lowest BCUT2D eigenvalue weighted by Crippen LogP contribution is -2.52. The molecule has 4 fully saturated rings. The SMILES string of the molecule is C=CC(C)CC.CC.CC.CC.CCCC1CCC2C3CCC4CCCCC4(C)C3CCC12C. The second-order valence-electron chi connectivity index (χ2n) is 11.6. The van der Waals surface area contributed by atoms with Crippen LogP contribution in [-0.2, 0) is 0 Å². The highest BCUT2D eigenvalue weighted by atomic mass is 14.6. The summed E-state index contributed by atoms with van der Waals surface area (Å²) < 4.78 is 0. The number of hydrogen-bond acceptors (Lipinski definition) is 0. The summed E-state index contributed by atoms with van der Waals surface area (Å²) in [5.74, 6) is 6.11. The normalized spacial score (nSPS) is 38.1. The Hall–Kier alpha value is -0.260. The molecule has 0 aromatic rings. The van der Waals surface area contributed by atoms with Gasteiger partial charge in [0.05, 0.1) is 0 Å². The molecule has 8 atom stereocenters. The molecule has 0 heterocycles. The maximum absolute atomic E-state index is 3.63. The van der Waals surface area contributed by atoms with Crippen LogP contribution in [-0.4, -0.2) is 0 Å². The monoisotopic (exact) mass is 477 g/mol. The summed E-state index contributed by atoms with van der Waals surface area (Å²) in [6.07, 6.45) is 21.7. The van der Waals surface area contributed by atoms with Crippen molar-refractivity contribution in [3.05, 3.63) is 12.7 Å². The van der Waals surface area contributed by atoms with Gasteiger partial charge in [0, 0.05) is 0 Å². The molecule has 4 rings (SSSR count). The summed E-state index contributed by atoms with van der Waals surface area (Å²) >= 11 is 0. The molecule has 0 nitrogen and oxygen atoms in total. The predicted octanol–water partition coefficient (Wildman–Crippen LogP) is 12.1. The van der Waals surface area contributed by atoms with Gasteiger partial charge in [-0.05, 0) is 97.7 Å². The molecule has 8 unspecified atom stereocenters. The average molecular weight is 477 g/mol. The van der Waals surface area contributed by atoms with Crippen LogP contribution < -0.4 is 0 Å². The van der Waals surface area contributed by atoms with Crippen molar-refractivity contribution in [2.24, 2.45) is 46.3 Å². The van der Waals surface area contributed by atoms with E-state index in [0.717, 1.165) is 40.4 Å². The molecule has 0 amide bonds. The van der Waals surface area contributed by atoms with Crippen molar-refractivity contribution < 1.29 is 0 Å². The average Bonchev–Trinajstić information content (AvgIpc) is 3.23. The minimum atomic E-state index is 0.699. The van der Waals surface area contributed by atoms with Crippen LogP contribution in [0.4, 0.5) is 0 Å². The highest BCUT2D eigenvalue weighted by Gasteiger charge is 2.59. The topological polar surface area (TPSA) is 0 Å². The third kappa shape index (κ3) is 7.62. The molecule has 0 radical (unpaired) electrons. The van der Waals surface area contributed by atoms with Crippen molar-refractivity contribution in [2.75, 3.05) is 0 Å². The molecular weight excluding hydrogens is 408 g/mol. The highest BCUT2D eigenvalue weighted by Crippen LogP contribution is 2.67. The van der Waals surface area contributed by atoms with Gasteiger partial charge in [-0.25, -0.2) is 0 Å². The molecule has 34 heavy (non-hydrogen) atoms. The van der Waals surface area contributed by atoms with E-state index in [1.54, 1.807) is 51.4 Å². The smallest absolute Gasteiger partial charge is 0.0266 e. The summed E-state index contributed by atoms with van der Waals surface area (Å²) in [6.45, 7) is 27.8. The Morgan fingerprint density at radius 2 is 1.38 bits per heavy atom. The van der Waals surface area contributed by atoms with Crippen LogP contribution in [0.3, 0.4) is 0 Å². The fourth-order valence-corrected chi connectivity index (χ4v) is 8.39. The van der Waals surface area contributed by atoms with Crippen molar-refractivity contribution >= 4 is 0 Å². The fraction of sp³-hybridized carbons (Fsp3) is 0.941. The molecule has 4 saturated carbocycles. The Bertz CT molecular complexity index is 506. The molecule has 0 aromatic heterocycles. The van der Waals surface area contributed by atoms with Crippen LogP contribution >= 0.6 is 0 Å². The predicted molar refractivity (Wildman–Crippen MR) is 158 cm³/mol. The molecule has 4 aliphatic rings. The van der Waals surface area contributed by atoms with E-state index in [9.17, 15) is 0 Å². The molecule has 0 aliphatic heterocycles. The van der Waals surface area contributed by atoms with Gasteiger partial charge in [-0.2, -0.15) is 0 Å². The maximum atomic E-state index is 3.63. The number of hydrogen-bond donors (Lipinski definition) is 0. The number of allylic oxidation sites excluding steroid dienone is 1. The van der Waals surface area contributed by atoms with Crippen LogP contribution in [0.15, 0.2) is 12.7 Å². The third-order valence-corrected chi connectivity index (χ3v) is 10.5. The zero-order valence-electron chi connectivity index (χ0n) is 25.9. The van der Waals surface area contributed by atoms with Gasteiger partial charge in [0.15, 0.2) is 0 Å². The highest BCUT2D eigenvalue weighted by molar-refractivity contribution is 5.08. The van der Waals surface area contributed by atoms with Crippen molar-refractivity contribution in [3.8, 4) is 0 Å².